The van der Waals surface area contributed by atoms with Crippen molar-refractivity contribution in [2.24, 2.45) is 0 Å². The predicted molar refractivity (Wildman–Crippen MR) is 90.0 cm³/mol. The second kappa shape index (κ2) is 4.78. The first-order valence-corrected chi connectivity index (χ1v) is 7.83. The number of aromatic amines is 1. The predicted octanol–water partition coefficient (Wildman–Crippen LogP) is 5.71. The minimum absolute atomic E-state index is 0.146. The second-order valence-corrected chi connectivity index (χ2v) is 6.24. The van der Waals surface area contributed by atoms with E-state index in [0.717, 1.165) is 11.3 Å². The number of hydrogen-bond donors (Lipinski definition) is 1. The number of fused-ring (bicyclic) bond motifs is 3. The molecule has 0 aliphatic heterocycles. The number of aromatic nitrogens is 1. The molecule has 2 nitrogen and oxygen atoms in total. The number of H-pyrrole nitrogens is 1. The highest BCUT2D eigenvalue weighted by atomic mass is 79.9. The van der Waals surface area contributed by atoms with Crippen molar-refractivity contribution in [3.05, 3.63) is 71.7 Å². The quantitative estimate of drug-likeness (QED) is 0.466. The standard InChI is InChI=1S/C18H14BrNO/c1-11-8-13(10-21-11)18(19)12-6-7-17-15(9-12)14-4-2-3-5-16(14)20-17/h2-10,18,20H,1H3. The molecule has 0 fully saturated rings. The Morgan fingerprint density at radius 1 is 0.952 bits per heavy atom. The molecule has 4 rings (SSSR count). The van der Waals surface area contributed by atoms with Crippen molar-refractivity contribution >= 4 is 37.7 Å². The van der Waals surface area contributed by atoms with E-state index in [1.807, 2.05) is 13.2 Å². The van der Waals surface area contributed by atoms with Crippen molar-refractivity contribution in [3.8, 4) is 0 Å². The smallest absolute Gasteiger partial charge is 0.101 e. The molecule has 1 atom stereocenters. The largest absolute Gasteiger partial charge is 0.469 e. The average Bonchev–Trinajstić information content (AvgIpc) is 3.09. The molecule has 2 aromatic carbocycles. The van der Waals surface area contributed by atoms with Crippen LogP contribution in [0.25, 0.3) is 21.8 Å². The summed E-state index contributed by atoms with van der Waals surface area (Å²) in [6.07, 6.45) is 1.81. The van der Waals surface area contributed by atoms with Crippen molar-refractivity contribution in [3.63, 3.8) is 0 Å². The molecule has 104 valence electrons. The van der Waals surface area contributed by atoms with Crippen LogP contribution < -0.4 is 0 Å². The first-order valence-electron chi connectivity index (χ1n) is 6.92. The van der Waals surface area contributed by atoms with Crippen molar-refractivity contribution in [1.29, 1.82) is 0 Å². The van der Waals surface area contributed by atoms with Crippen molar-refractivity contribution in [2.45, 2.75) is 11.8 Å². The van der Waals surface area contributed by atoms with Crippen LogP contribution in [0.1, 0.15) is 21.7 Å². The highest BCUT2D eigenvalue weighted by Crippen LogP contribution is 2.35. The molecular weight excluding hydrogens is 326 g/mol. The van der Waals surface area contributed by atoms with Crippen LogP contribution >= 0.6 is 15.9 Å². The molecule has 0 saturated heterocycles. The number of rotatable bonds is 2. The van der Waals surface area contributed by atoms with Crippen molar-refractivity contribution in [1.82, 2.24) is 4.98 Å². The Kier molecular flexibility index (Phi) is 2.89. The average molecular weight is 340 g/mol. The second-order valence-electron chi connectivity index (χ2n) is 5.33. The van der Waals surface area contributed by atoms with Crippen LogP contribution in [0.15, 0.2) is 59.2 Å². The summed E-state index contributed by atoms with van der Waals surface area (Å²) in [5.41, 5.74) is 4.72. The Morgan fingerprint density at radius 2 is 1.76 bits per heavy atom. The Balaban J connectivity index is 1.88. The Bertz CT molecular complexity index is 935. The third kappa shape index (κ3) is 2.09. The van der Waals surface area contributed by atoms with Crippen LogP contribution in [-0.4, -0.2) is 4.98 Å². The molecule has 1 unspecified atom stereocenters. The molecule has 2 aromatic heterocycles. The molecule has 1 N–H and O–H groups in total. The summed E-state index contributed by atoms with van der Waals surface area (Å²) < 4.78 is 5.41. The molecule has 2 heterocycles. The van der Waals surface area contributed by atoms with E-state index in [0.29, 0.717) is 0 Å². The maximum atomic E-state index is 5.41. The first kappa shape index (κ1) is 12.7. The summed E-state index contributed by atoms with van der Waals surface area (Å²) in [5, 5.41) is 2.52. The van der Waals surface area contributed by atoms with E-state index in [9.17, 15) is 0 Å². The zero-order valence-electron chi connectivity index (χ0n) is 11.6. The molecule has 0 bridgehead atoms. The number of hydrogen-bond acceptors (Lipinski definition) is 1. The maximum absolute atomic E-state index is 5.41. The molecule has 3 heteroatoms. The lowest BCUT2D eigenvalue weighted by molar-refractivity contribution is 0.532. The Labute approximate surface area is 130 Å². The number of benzene rings is 2. The van der Waals surface area contributed by atoms with E-state index in [-0.39, 0.29) is 4.83 Å². The Hall–Kier alpha value is -2.00. The van der Waals surface area contributed by atoms with Crippen LogP contribution in [0.4, 0.5) is 0 Å². The molecule has 0 saturated carbocycles. The number of para-hydroxylation sites is 1. The van der Waals surface area contributed by atoms with Crippen molar-refractivity contribution < 1.29 is 4.42 Å². The van der Waals surface area contributed by atoms with Gasteiger partial charge in [-0.3, -0.25) is 0 Å². The zero-order valence-corrected chi connectivity index (χ0v) is 13.1. The van der Waals surface area contributed by atoms with Gasteiger partial charge in [0.15, 0.2) is 0 Å². The van der Waals surface area contributed by atoms with Crippen LogP contribution in [0.2, 0.25) is 0 Å². The van der Waals surface area contributed by atoms with Gasteiger partial charge < -0.3 is 9.40 Å². The molecular formula is C18H14BrNO. The van der Waals surface area contributed by atoms with Gasteiger partial charge >= 0.3 is 0 Å². The SMILES string of the molecule is Cc1cc(C(Br)c2ccc3[nH]c4ccccc4c3c2)co1. The van der Waals surface area contributed by atoms with Gasteiger partial charge in [0.05, 0.1) is 11.1 Å². The van der Waals surface area contributed by atoms with E-state index in [1.165, 1.54) is 27.4 Å². The van der Waals surface area contributed by atoms with Gasteiger partial charge in [0.2, 0.25) is 0 Å². The fraction of sp³-hybridized carbons (Fsp3) is 0.111. The number of halogens is 1. The highest BCUT2D eigenvalue weighted by molar-refractivity contribution is 9.09. The van der Waals surface area contributed by atoms with Gasteiger partial charge in [-0.25, -0.2) is 0 Å². The summed E-state index contributed by atoms with van der Waals surface area (Å²) in [7, 11) is 0. The summed E-state index contributed by atoms with van der Waals surface area (Å²) in [6, 6.07) is 17.0. The number of furan rings is 1. The number of nitrogens with one attached hydrogen (secondary N) is 1. The lowest BCUT2D eigenvalue weighted by Crippen LogP contribution is -1.90. The monoisotopic (exact) mass is 339 g/mol. The van der Waals surface area contributed by atoms with Gasteiger partial charge in [-0.05, 0) is 36.8 Å². The summed E-state index contributed by atoms with van der Waals surface area (Å²) in [5.74, 6) is 0.933. The van der Waals surface area contributed by atoms with Gasteiger partial charge in [-0.2, -0.15) is 0 Å². The lowest BCUT2D eigenvalue weighted by atomic mass is 10.0. The van der Waals surface area contributed by atoms with E-state index in [2.05, 4.69) is 69.4 Å². The molecule has 0 amide bonds. The third-order valence-corrected chi connectivity index (χ3v) is 4.92. The minimum atomic E-state index is 0.146. The number of aryl methyl sites for hydroxylation is 1. The van der Waals surface area contributed by atoms with Crippen LogP contribution in [0, 0.1) is 6.92 Å². The summed E-state index contributed by atoms with van der Waals surface area (Å²) in [6.45, 7) is 1.96. The van der Waals surface area contributed by atoms with Gasteiger partial charge in [-0.1, -0.05) is 40.2 Å². The van der Waals surface area contributed by atoms with E-state index in [4.69, 9.17) is 4.42 Å². The Morgan fingerprint density at radius 3 is 2.57 bits per heavy atom. The van der Waals surface area contributed by atoms with Gasteiger partial charge in [0.25, 0.3) is 0 Å². The lowest BCUT2D eigenvalue weighted by Gasteiger charge is -2.08. The molecule has 0 aliphatic carbocycles. The van der Waals surface area contributed by atoms with Crippen molar-refractivity contribution in [2.75, 3.05) is 0 Å². The fourth-order valence-electron chi connectivity index (χ4n) is 2.81. The molecule has 0 spiro atoms. The summed E-state index contributed by atoms with van der Waals surface area (Å²) >= 11 is 3.78. The number of alkyl halides is 1. The molecule has 0 aliphatic rings. The molecule has 4 aromatic rings. The van der Waals surface area contributed by atoms with Gasteiger partial charge in [0, 0.05) is 27.4 Å². The van der Waals surface area contributed by atoms with Gasteiger partial charge in [-0.15, -0.1) is 0 Å². The summed E-state index contributed by atoms with van der Waals surface area (Å²) in [4.78, 5) is 3.60. The van der Waals surface area contributed by atoms with Crippen LogP contribution in [0.3, 0.4) is 0 Å². The first-order chi connectivity index (χ1) is 10.2. The minimum Gasteiger partial charge on any atom is -0.469 e. The van der Waals surface area contributed by atoms with E-state index in [1.54, 1.807) is 0 Å². The fourth-order valence-corrected chi connectivity index (χ4v) is 3.34. The zero-order chi connectivity index (χ0) is 14.4. The third-order valence-electron chi connectivity index (χ3n) is 3.87. The maximum Gasteiger partial charge on any atom is 0.101 e. The van der Waals surface area contributed by atoms with Crippen LogP contribution in [0.5, 0.6) is 0 Å². The van der Waals surface area contributed by atoms with E-state index < -0.39 is 0 Å². The highest BCUT2D eigenvalue weighted by Gasteiger charge is 2.14. The molecule has 0 radical (unpaired) electrons. The van der Waals surface area contributed by atoms with Gasteiger partial charge in [0.1, 0.15) is 5.76 Å². The normalized spacial score (nSPS) is 13.0. The topological polar surface area (TPSA) is 28.9 Å². The molecule has 21 heavy (non-hydrogen) atoms. The van der Waals surface area contributed by atoms with Crippen LogP contribution in [-0.2, 0) is 0 Å². The van der Waals surface area contributed by atoms with E-state index >= 15 is 0 Å².